The van der Waals surface area contributed by atoms with Gasteiger partial charge in [-0.25, -0.2) is 0 Å². The normalized spacial score (nSPS) is 22.6. The highest BCUT2D eigenvalue weighted by Gasteiger charge is 2.46. The quantitative estimate of drug-likeness (QED) is 0.634. The Morgan fingerprint density at radius 1 is 1.00 bits per heavy atom. The monoisotopic (exact) mass is 268 g/mol. The number of carbonyl (C=O) groups is 1. The van der Waals surface area contributed by atoms with E-state index in [1.807, 2.05) is 36.4 Å². The third-order valence-electron chi connectivity index (χ3n) is 3.53. The molecule has 2 aromatic rings. The molecule has 0 unspecified atom stereocenters. The molecule has 4 rings (SSSR count). The summed E-state index contributed by atoms with van der Waals surface area (Å²) in [5.74, 6) is 1.47. The number of hydrogen-bond acceptors (Lipinski definition) is 4. The van der Waals surface area contributed by atoms with Crippen LogP contribution in [0.2, 0.25) is 0 Å². The number of epoxide rings is 1. The molecule has 2 atom stereocenters. The van der Waals surface area contributed by atoms with Crippen molar-refractivity contribution < 1.29 is 19.0 Å². The molecule has 1 saturated heterocycles. The second-order valence-electron chi connectivity index (χ2n) is 4.82. The molecule has 4 nitrogen and oxygen atoms in total. The van der Waals surface area contributed by atoms with Crippen LogP contribution in [0.25, 0.3) is 0 Å². The van der Waals surface area contributed by atoms with Crippen LogP contribution < -0.4 is 9.47 Å². The average Bonchev–Trinajstić information content (AvgIpc) is 3.17. The number of ether oxygens (including phenoxy) is 3. The van der Waals surface area contributed by atoms with E-state index in [1.54, 1.807) is 12.1 Å². The molecular weight excluding hydrogens is 256 g/mol. The van der Waals surface area contributed by atoms with E-state index in [9.17, 15) is 4.79 Å². The molecular formula is C16H12O4. The number of carbonyl (C=O) groups excluding carboxylic acids is 1. The van der Waals surface area contributed by atoms with E-state index in [0.29, 0.717) is 11.3 Å². The summed E-state index contributed by atoms with van der Waals surface area (Å²) in [7, 11) is 0. The number of Topliss-reactive ketones (excluding diaryl/α,β-unsaturated/α-hetero) is 1. The minimum Gasteiger partial charge on any atom is -0.454 e. The second kappa shape index (κ2) is 4.35. The largest absolute Gasteiger partial charge is 0.454 e. The maximum Gasteiger partial charge on any atom is 0.231 e. The van der Waals surface area contributed by atoms with E-state index in [2.05, 4.69) is 0 Å². The number of ketones is 1. The minimum atomic E-state index is -0.391. The summed E-state index contributed by atoms with van der Waals surface area (Å²) in [6.45, 7) is 0.247. The summed E-state index contributed by atoms with van der Waals surface area (Å²) in [6.07, 6.45) is -0.574. The first-order valence-electron chi connectivity index (χ1n) is 6.47. The molecule has 2 heterocycles. The van der Waals surface area contributed by atoms with E-state index in [4.69, 9.17) is 14.2 Å². The van der Waals surface area contributed by atoms with Gasteiger partial charge in [0.15, 0.2) is 23.4 Å². The summed E-state index contributed by atoms with van der Waals surface area (Å²) >= 11 is 0. The van der Waals surface area contributed by atoms with Gasteiger partial charge in [-0.15, -0.1) is 0 Å². The van der Waals surface area contributed by atoms with Gasteiger partial charge in [0.25, 0.3) is 0 Å². The molecule has 2 aliphatic rings. The summed E-state index contributed by atoms with van der Waals surface area (Å²) in [5, 5.41) is 0. The van der Waals surface area contributed by atoms with Gasteiger partial charge in [-0.1, -0.05) is 36.4 Å². The summed E-state index contributed by atoms with van der Waals surface area (Å²) in [5.41, 5.74) is 1.63. The van der Waals surface area contributed by atoms with Crippen molar-refractivity contribution in [2.45, 2.75) is 12.2 Å². The Hall–Kier alpha value is -2.33. The van der Waals surface area contributed by atoms with Gasteiger partial charge in [-0.2, -0.15) is 0 Å². The Balaban J connectivity index is 1.54. The molecule has 0 N–H and O–H groups in total. The van der Waals surface area contributed by atoms with Crippen molar-refractivity contribution in [3.63, 3.8) is 0 Å². The molecule has 0 radical (unpaired) electrons. The zero-order valence-corrected chi connectivity index (χ0v) is 10.6. The third kappa shape index (κ3) is 1.85. The van der Waals surface area contributed by atoms with E-state index in [-0.39, 0.29) is 18.7 Å². The zero-order chi connectivity index (χ0) is 13.5. The van der Waals surface area contributed by atoms with Crippen molar-refractivity contribution in [3.05, 3.63) is 59.7 Å². The van der Waals surface area contributed by atoms with Crippen molar-refractivity contribution in [3.8, 4) is 11.5 Å². The van der Waals surface area contributed by atoms with Gasteiger partial charge in [-0.3, -0.25) is 4.79 Å². The second-order valence-corrected chi connectivity index (χ2v) is 4.82. The first-order valence-corrected chi connectivity index (χ1v) is 6.47. The van der Waals surface area contributed by atoms with Crippen molar-refractivity contribution in [2.75, 3.05) is 6.79 Å². The summed E-state index contributed by atoms with van der Waals surface area (Å²) in [4.78, 5) is 12.2. The van der Waals surface area contributed by atoms with Crippen molar-refractivity contribution in [1.29, 1.82) is 0 Å². The van der Waals surface area contributed by atoms with Crippen LogP contribution in [-0.4, -0.2) is 18.7 Å². The summed E-state index contributed by atoms with van der Waals surface area (Å²) < 4.78 is 16.1. The van der Waals surface area contributed by atoms with Gasteiger partial charge in [-0.05, 0) is 17.7 Å². The van der Waals surface area contributed by atoms with Gasteiger partial charge >= 0.3 is 0 Å². The highest BCUT2D eigenvalue weighted by atomic mass is 16.7. The molecule has 4 heteroatoms. The number of hydrogen-bond donors (Lipinski definition) is 0. The molecule has 2 aliphatic heterocycles. The first kappa shape index (κ1) is 11.5. The highest BCUT2D eigenvalue weighted by molar-refractivity contribution is 6.01. The molecule has 1 fully saturated rings. The van der Waals surface area contributed by atoms with Crippen LogP contribution in [0.3, 0.4) is 0 Å². The Morgan fingerprint density at radius 2 is 1.80 bits per heavy atom. The van der Waals surface area contributed by atoms with Crippen LogP contribution in [0.4, 0.5) is 0 Å². The molecule has 0 aromatic heterocycles. The lowest BCUT2D eigenvalue weighted by atomic mass is 10.0. The van der Waals surface area contributed by atoms with Crippen LogP contribution in [-0.2, 0) is 4.74 Å². The number of rotatable bonds is 3. The van der Waals surface area contributed by atoms with Crippen LogP contribution in [0.15, 0.2) is 48.5 Å². The molecule has 0 amide bonds. The average molecular weight is 268 g/mol. The van der Waals surface area contributed by atoms with Crippen molar-refractivity contribution in [2.24, 2.45) is 0 Å². The molecule has 20 heavy (non-hydrogen) atoms. The Labute approximate surface area is 115 Å². The molecule has 100 valence electrons. The lowest BCUT2D eigenvalue weighted by Crippen LogP contribution is -2.07. The molecule has 0 aliphatic carbocycles. The standard InChI is InChI=1S/C16H12O4/c17-14(10-4-2-1-3-5-10)16-15(20-16)11-6-7-12-13(8-11)19-9-18-12/h1-8,15-16H,9H2/t15-,16-/m1/s1. The summed E-state index contributed by atoms with van der Waals surface area (Å²) in [6, 6.07) is 14.9. The van der Waals surface area contributed by atoms with E-state index in [0.717, 1.165) is 11.3 Å². The Morgan fingerprint density at radius 3 is 2.65 bits per heavy atom. The molecule has 0 saturated carbocycles. The maximum atomic E-state index is 12.2. The topological polar surface area (TPSA) is 48.1 Å². The van der Waals surface area contributed by atoms with Gasteiger partial charge in [0.05, 0.1) is 0 Å². The zero-order valence-electron chi connectivity index (χ0n) is 10.6. The number of benzene rings is 2. The van der Waals surface area contributed by atoms with Gasteiger partial charge < -0.3 is 14.2 Å². The lowest BCUT2D eigenvalue weighted by Gasteiger charge is -1.99. The molecule has 0 spiro atoms. The van der Waals surface area contributed by atoms with Gasteiger partial charge in [0, 0.05) is 5.56 Å². The Bertz CT molecular complexity index is 665. The van der Waals surface area contributed by atoms with Crippen molar-refractivity contribution in [1.82, 2.24) is 0 Å². The highest BCUT2D eigenvalue weighted by Crippen LogP contribution is 2.44. The van der Waals surface area contributed by atoms with Crippen LogP contribution >= 0.6 is 0 Å². The molecule has 0 bridgehead atoms. The van der Waals surface area contributed by atoms with Crippen molar-refractivity contribution >= 4 is 5.78 Å². The fourth-order valence-electron chi connectivity index (χ4n) is 2.42. The predicted octanol–water partition coefficient (Wildman–Crippen LogP) is 2.74. The third-order valence-corrected chi connectivity index (χ3v) is 3.53. The maximum absolute atomic E-state index is 12.2. The van der Waals surface area contributed by atoms with Crippen LogP contribution in [0.5, 0.6) is 11.5 Å². The lowest BCUT2D eigenvalue weighted by molar-refractivity contribution is 0.0953. The minimum absolute atomic E-state index is 0.0215. The number of fused-ring (bicyclic) bond motifs is 1. The van der Waals surface area contributed by atoms with Gasteiger partial charge in [0.1, 0.15) is 6.10 Å². The van der Waals surface area contributed by atoms with E-state index in [1.165, 1.54) is 0 Å². The Kier molecular flexibility index (Phi) is 2.50. The smallest absolute Gasteiger partial charge is 0.231 e. The van der Waals surface area contributed by atoms with E-state index < -0.39 is 6.10 Å². The fourth-order valence-corrected chi connectivity index (χ4v) is 2.42. The SMILES string of the molecule is O=C(c1ccccc1)[C@H]1O[C@@H]1c1ccc2c(c1)OCO2. The van der Waals surface area contributed by atoms with Crippen LogP contribution in [0.1, 0.15) is 22.0 Å². The van der Waals surface area contributed by atoms with E-state index >= 15 is 0 Å². The molecule has 2 aromatic carbocycles. The van der Waals surface area contributed by atoms with Crippen LogP contribution in [0, 0.1) is 0 Å². The fraction of sp³-hybridized carbons (Fsp3) is 0.188. The predicted molar refractivity (Wildman–Crippen MR) is 71.0 cm³/mol. The first-order chi connectivity index (χ1) is 9.83. The van der Waals surface area contributed by atoms with Gasteiger partial charge in [0.2, 0.25) is 6.79 Å².